The van der Waals surface area contributed by atoms with Crippen LogP contribution in [0.25, 0.3) is 0 Å². The molecule has 5 nitrogen and oxygen atoms in total. The monoisotopic (exact) mass is 603 g/mol. The Balaban J connectivity index is 1.57. The van der Waals surface area contributed by atoms with Gasteiger partial charge in [0.25, 0.3) is 0 Å². The molecule has 5 rings (SSSR count). The summed E-state index contributed by atoms with van der Waals surface area (Å²) in [7, 11) is 0. The van der Waals surface area contributed by atoms with Crippen molar-refractivity contribution < 1.29 is 19.1 Å². The molecule has 0 spiro atoms. The Morgan fingerprint density at radius 3 is 2.29 bits per heavy atom. The van der Waals surface area contributed by atoms with Gasteiger partial charge in [-0.3, -0.25) is 9.59 Å². The third-order valence-electron chi connectivity index (χ3n) is 6.73. The van der Waals surface area contributed by atoms with Crippen LogP contribution >= 0.6 is 34.2 Å². The minimum atomic E-state index is -0.364. The van der Waals surface area contributed by atoms with Crippen LogP contribution in [0.2, 0.25) is 5.02 Å². The number of benzene rings is 2. The second-order valence-corrected chi connectivity index (χ2v) is 10.7. The molecule has 2 aromatic carbocycles. The molecule has 35 heavy (non-hydrogen) atoms. The van der Waals surface area contributed by atoms with E-state index in [0.717, 1.165) is 62.9 Å². The Kier molecular flexibility index (Phi) is 7.21. The number of hydrogen-bond acceptors (Lipinski definition) is 5. The number of rotatable bonds is 6. The van der Waals surface area contributed by atoms with Crippen molar-refractivity contribution in [2.24, 2.45) is 0 Å². The number of ketones is 2. The van der Waals surface area contributed by atoms with Crippen molar-refractivity contribution >= 4 is 45.8 Å². The molecule has 1 heterocycles. The van der Waals surface area contributed by atoms with Crippen LogP contribution in [0.4, 0.5) is 0 Å². The molecule has 182 valence electrons. The zero-order valence-corrected chi connectivity index (χ0v) is 22.5. The van der Waals surface area contributed by atoms with Crippen LogP contribution in [-0.4, -0.2) is 18.2 Å². The minimum absolute atomic E-state index is 0.128. The highest BCUT2D eigenvalue weighted by atomic mass is 127. The highest BCUT2D eigenvalue weighted by molar-refractivity contribution is 14.1. The maximum Gasteiger partial charge on any atom is 0.174 e. The molecule has 7 heteroatoms. The zero-order valence-electron chi connectivity index (χ0n) is 19.6. The molecular formula is C28H27ClINO4. The number of dihydropyridines is 1. The van der Waals surface area contributed by atoms with Gasteiger partial charge in [-0.05, 0) is 90.6 Å². The number of carbonyl (C=O) groups excluding carboxylic acids is 2. The van der Waals surface area contributed by atoms with Gasteiger partial charge in [0.1, 0.15) is 6.61 Å². The lowest BCUT2D eigenvalue weighted by Gasteiger charge is -2.37. The average Bonchev–Trinajstić information content (AvgIpc) is 2.83. The molecule has 0 unspecified atom stereocenters. The first-order valence-electron chi connectivity index (χ1n) is 12.1. The highest BCUT2D eigenvalue weighted by Gasteiger charge is 2.40. The van der Waals surface area contributed by atoms with Gasteiger partial charge >= 0.3 is 0 Å². The summed E-state index contributed by atoms with van der Waals surface area (Å²) in [4.78, 5) is 26.3. The van der Waals surface area contributed by atoms with E-state index in [1.54, 1.807) is 0 Å². The largest absolute Gasteiger partial charge is 0.490 e. The van der Waals surface area contributed by atoms with E-state index in [1.165, 1.54) is 0 Å². The summed E-state index contributed by atoms with van der Waals surface area (Å²) in [5, 5.41) is 4.14. The topological polar surface area (TPSA) is 64.6 Å². The predicted molar refractivity (Wildman–Crippen MR) is 144 cm³/mol. The lowest BCUT2D eigenvalue weighted by Crippen LogP contribution is -2.36. The number of allylic oxidation sites excluding steroid dienone is 4. The molecule has 2 aliphatic carbocycles. The number of ether oxygens (including phenoxy) is 2. The maximum absolute atomic E-state index is 13.1. The third kappa shape index (κ3) is 4.87. The van der Waals surface area contributed by atoms with E-state index in [4.69, 9.17) is 21.1 Å². The van der Waals surface area contributed by atoms with E-state index < -0.39 is 0 Å². The standard InChI is InChI=1S/C28H27ClINO4/c1-2-34-24-14-17(13-19(30)28(24)35-15-16-6-3-7-18(29)12-16)25-26-20(8-4-10-22(26)32)31-21-9-5-11-23(33)27(21)25/h3,6-7,12-14,25,31H,2,4-5,8-11,15H2,1H3. The average molecular weight is 604 g/mol. The Hall–Kier alpha value is -2.32. The SMILES string of the molecule is CCOc1cc(C2C3=C(CCCC3=O)NC3=C2C(=O)CCC3)cc(I)c1OCc1cccc(Cl)c1. The second-order valence-electron chi connectivity index (χ2n) is 9.08. The maximum atomic E-state index is 13.1. The van der Waals surface area contributed by atoms with Gasteiger partial charge in [0.2, 0.25) is 0 Å². The van der Waals surface area contributed by atoms with Crippen molar-refractivity contribution in [1.82, 2.24) is 5.32 Å². The normalized spacial score (nSPS) is 18.3. The molecule has 0 bridgehead atoms. The van der Waals surface area contributed by atoms with Gasteiger partial charge in [0.05, 0.1) is 10.2 Å². The predicted octanol–water partition coefficient (Wildman–Crippen LogP) is 6.62. The van der Waals surface area contributed by atoms with Gasteiger partial charge in [-0.25, -0.2) is 0 Å². The first kappa shape index (κ1) is 24.4. The van der Waals surface area contributed by atoms with E-state index in [9.17, 15) is 9.59 Å². The molecule has 0 saturated carbocycles. The second kappa shape index (κ2) is 10.3. The van der Waals surface area contributed by atoms with Gasteiger partial charge in [-0.15, -0.1) is 0 Å². The van der Waals surface area contributed by atoms with Gasteiger partial charge in [0, 0.05) is 46.3 Å². The van der Waals surface area contributed by atoms with Crippen molar-refractivity contribution in [3.63, 3.8) is 0 Å². The van der Waals surface area contributed by atoms with Gasteiger partial charge in [0.15, 0.2) is 23.1 Å². The van der Waals surface area contributed by atoms with Gasteiger partial charge in [-0.2, -0.15) is 0 Å². The lowest BCUT2D eigenvalue weighted by atomic mass is 9.71. The molecule has 0 aromatic heterocycles. The van der Waals surface area contributed by atoms with Crippen LogP contribution in [0, 0.1) is 3.57 Å². The van der Waals surface area contributed by atoms with Crippen molar-refractivity contribution in [3.8, 4) is 11.5 Å². The summed E-state index contributed by atoms with van der Waals surface area (Å²) in [6.07, 6.45) is 4.38. The first-order chi connectivity index (χ1) is 17.0. The van der Waals surface area contributed by atoms with E-state index in [0.29, 0.717) is 42.6 Å². The van der Waals surface area contributed by atoms with Crippen LogP contribution in [0.5, 0.6) is 11.5 Å². The highest BCUT2D eigenvalue weighted by Crippen LogP contribution is 2.47. The molecule has 0 atom stereocenters. The summed E-state index contributed by atoms with van der Waals surface area (Å²) < 4.78 is 13.1. The Morgan fingerprint density at radius 1 is 0.971 bits per heavy atom. The molecule has 1 aliphatic heterocycles. The molecule has 0 amide bonds. The van der Waals surface area contributed by atoms with Crippen LogP contribution in [0.15, 0.2) is 58.9 Å². The Morgan fingerprint density at radius 2 is 1.66 bits per heavy atom. The third-order valence-corrected chi connectivity index (χ3v) is 7.77. The number of halogens is 2. The van der Waals surface area contributed by atoms with Crippen molar-refractivity contribution in [2.45, 2.75) is 58.0 Å². The van der Waals surface area contributed by atoms with Crippen molar-refractivity contribution in [3.05, 3.63) is 78.7 Å². The van der Waals surface area contributed by atoms with Crippen LogP contribution in [0.3, 0.4) is 0 Å². The van der Waals surface area contributed by atoms with E-state index in [1.807, 2.05) is 43.3 Å². The summed E-state index contributed by atoms with van der Waals surface area (Å²) in [5.41, 5.74) is 5.32. The molecule has 3 aliphatic rings. The Labute approximate surface area is 224 Å². The molecule has 0 fully saturated rings. The quantitative estimate of drug-likeness (QED) is 0.376. The van der Waals surface area contributed by atoms with E-state index >= 15 is 0 Å². The van der Waals surface area contributed by atoms with E-state index in [-0.39, 0.29) is 17.5 Å². The van der Waals surface area contributed by atoms with Crippen molar-refractivity contribution in [2.75, 3.05) is 6.61 Å². The molecule has 2 aromatic rings. The van der Waals surface area contributed by atoms with Crippen LogP contribution in [0.1, 0.15) is 62.5 Å². The molecule has 1 N–H and O–H groups in total. The molecule has 0 saturated heterocycles. The first-order valence-corrected chi connectivity index (χ1v) is 13.5. The summed E-state index contributed by atoms with van der Waals surface area (Å²) >= 11 is 8.38. The summed E-state index contributed by atoms with van der Waals surface area (Å²) in [6.45, 7) is 2.76. The fourth-order valence-corrected chi connectivity index (χ4v) is 6.25. The smallest absolute Gasteiger partial charge is 0.174 e. The van der Waals surface area contributed by atoms with Crippen LogP contribution < -0.4 is 14.8 Å². The molecule has 0 radical (unpaired) electrons. The fourth-order valence-electron chi connectivity index (χ4n) is 5.26. The number of Topliss-reactive ketones (excluding diaryl/α,β-unsaturated/α-hetero) is 2. The fraction of sp³-hybridized carbons (Fsp3) is 0.357. The number of nitrogens with one attached hydrogen (secondary N) is 1. The Bertz CT molecular complexity index is 1220. The van der Waals surface area contributed by atoms with Crippen molar-refractivity contribution in [1.29, 1.82) is 0 Å². The van der Waals surface area contributed by atoms with Gasteiger partial charge in [-0.1, -0.05) is 23.7 Å². The van der Waals surface area contributed by atoms with E-state index in [2.05, 4.69) is 27.9 Å². The minimum Gasteiger partial charge on any atom is -0.490 e. The van der Waals surface area contributed by atoms with Gasteiger partial charge < -0.3 is 14.8 Å². The summed E-state index contributed by atoms with van der Waals surface area (Å²) in [5.74, 6) is 1.16. The number of hydrogen-bond donors (Lipinski definition) is 1. The zero-order chi connectivity index (χ0) is 24.5. The lowest BCUT2D eigenvalue weighted by molar-refractivity contribution is -0.116. The molecular weight excluding hydrogens is 577 g/mol. The summed E-state index contributed by atoms with van der Waals surface area (Å²) in [6, 6.07) is 11.6. The number of carbonyl (C=O) groups is 2. The van der Waals surface area contributed by atoms with Crippen LogP contribution in [-0.2, 0) is 16.2 Å².